The van der Waals surface area contributed by atoms with Gasteiger partial charge in [-0.2, -0.15) is 0 Å². The molecule has 0 atom stereocenters. The lowest BCUT2D eigenvalue weighted by Crippen LogP contribution is -2.51. The SMILES string of the molecule is COc1ccccc1-c1noc(C)c1C(=O)N1CCC2(CCCCCc3ccccc3OCCN(C)C2=O)CC1. The van der Waals surface area contributed by atoms with Gasteiger partial charge >= 0.3 is 0 Å². The topological polar surface area (TPSA) is 85.1 Å². The molecule has 0 N–H and O–H groups in total. The quantitative estimate of drug-likeness (QED) is 0.430. The van der Waals surface area contributed by atoms with Gasteiger partial charge in [0.2, 0.25) is 5.91 Å². The van der Waals surface area contributed by atoms with Gasteiger partial charge < -0.3 is 23.8 Å². The summed E-state index contributed by atoms with van der Waals surface area (Å²) >= 11 is 0. The molecule has 8 heteroatoms. The van der Waals surface area contributed by atoms with Crippen molar-refractivity contribution in [1.29, 1.82) is 0 Å². The van der Waals surface area contributed by atoms with Crippen molar-refractivity contribution in [2.24, 2.45) is 5.41 Å². The molecule has 1 spiro atoms. The van der Waals surface area contributed by atoms with Gasteiger partial charge in [0, 0.05) is 25.7 Å². The van der Waals surface area contributed by atoms with E-state index in [2.05, 4.69) is 17.3 Å². The first-order chi connectivity index (χ1) is 19.4. The van der Waals surface area contributed by atoms with E-state index in [1.165, 1.54) is 5.56 Å². The summed E-state index contributed by atoms with van der Waals surface area (Å²) in [5.41, 5.74) is 2.42. The number of hydrogen-bond donors (Lipinski definition) is 0. The van der Waals surface area contributed by atoms with E-state index in [1.807, 2.05) is 53.2 Å². The van der Waals surface area contributed by atoms with Crippen LogP contribution in [-0.4, -0.2) is 67.2 Å². The second-order valence-corrected chi connectivity index (χ2v) is 11.0. The highest BCUT2D eigenvalue weighted by molar-refractivity contribution is 6.01. The summed E-state index contributed by atoms with van der Waals surface area (Å²) in [5.74, 6) is 2.07. The van der Waals surface area contributed by atoms with Crippen molar-refractivity contribution in [3.63, 3.8) is 0 Å². The maximum Gasteiger partial charge on any atom is 0.259 e. The molecular formula is C32H39N3O5. The van der Waals surface area contributed by atoms with Crippen LogP contribution in [-0.2, 0) is 11.2 Å². The molecule has 212 valence electrons. The zero-order valence-electron chi connectivity index (χ0n) is 23.8. The molecule has 40 heavy (non-hydrogen) atoms. The fraction of sp³-hybridized carbons (Fsp3) is 0.469. The zero-order chi connectivity index (χ0) is 28.1. The largest absolute Gasteiger partial charge is 0.496 e. The molecule has 0 unspecified atom stereocenters. The number of likely N-dealkylation sites (N-methyl/N-ethyl adjacent to an activating group) is 1. The van der Waals surface area contributed by atoms with Crippen LogP contribution in [0.3, 0.4) is 0 Å². The van der Waals surface area contributed by atoms with Crippen molar-refractivity contribution in [2.75, 3.05) is 40.4 Å². The minimum Gasteiger partial charge on any atom is -0.496 e. The Morgan fingerprint density at radius 3 is 2.52 bits per heavy atom. The second kappa shape index (κ2) is 12.1. The predicted molar refractivity (Wildman–Crippen MR) is 153 cm³/mol. The summed E-state index contributed by atoms with van der Waals surface area (Å²) in [6.45, 7) is 3.77. The van der Waals surface area contributed by atoms with Crippen molar-refractivity contribution in [3.05, 3.63) is 65.4 Å². The monoisotopic (exact) mass is 545 g/mol. The van der Waals surface area contributed by atoms with Crippen LogP contribution in [0.4, 0.5) is 0 Å². The number of aryl methyl sites for hydroxylation is 2. The van der Waals surface area contributed by atoms with E-state index in [0.717, 1.165) is 43.4 Å². The third-order valence-electron chi connectivity index (χ3n) is 8.51. The van der Waals surface area contributed by atoms with Crippen LogP contribution in [0.15, 0.2) is 53.1 Å². The number of hydrogen-bond acceptors (Lipinski definition) is 6. The first-order valence-electron chi connectivity index (χ1n) is 14.3. The number of carbonyl (C=O) groups is 2. The normalized spacial score (nSPS) is 18.2. The third kappa shape index (κ3) is 5.58. The molecule has 1 fully saturated rings. The summed E-state index contributed by atoms with van der Waals surface area (Å²) in [6, 6.07) is 15.7. The highest BCUT2D eigenvalue weighted by Gasteiger charge is 2.44. The van der Waals surface area contributed by atoms with Crippen molar-refractivity contribution in [3.8, 4) is 22.8 Å². The minimum absolute atomic E-state index is 0.119. The van der Waals surface area contributed by atoms with Gasteiger partial charge in [-0.3, -0.25) is 9.59 Å². The number of rotatable bonds is 3. The average molecular weight is 546 g/mol. The van der Waals surface area contributed by atoms with Gasteiger partial charge in [-0.1, -0.05) is 48.3 Å². The zero-order valence-corrected chi connectivity index (χ0v) is 23.8. The number of ether oxygens (including phenoxy) is 2. The molecule has 1 saturated heterocycles. The van der Waals surface area contributed by atoms with Crippen LogP contribution >= 0.6 is 0 Å². The summed E-state index contributed by atoms with van der Waals surface area (Å²) in [5, 5.41) is 4.22. The van der Waals surface area contributed by atoms with E-state index in [1.54, 1.807) is 14.0 Å². The molecule has 0 bridgehead atoms. The van der Waals surface area contributed by atoms with E-state index < -0.39 is 5.41 Å². The maximum absolute atomic E-state index is 13.9. The van der Waals surface area contributed by atoms with E-state index >= 15 is 0 Å². The summed E-state index contributed by atoms with van der Waals surface area (Å²) < 4.78 is 17.1. The molecule has 3 aromatic rings. The average Bonchev–Trinajstić information content (AvgIpc) is 3.37. The second-order valence-electron chi connectivity index (χ2n) is 11.0. The highest BCUT2D eigenvalue weighted by Crippen LogP contribution is 2.40. The van der Waals surface area contributed by atoms with E-state index in [0.29, 0.717) is 61.8 Å². The lowest BCUT2D eigenvalue weighted by atomic mass is 9.73. The van der Waals surface area contributed by atoms with Gasteiger partial charge in [-0.05, 0) is 62.8 Å². The predicted octanol–water partition coefficient (Wildman–Crippen LogP) is 5.53. The summed E-state index contributed by atoms with van der Waals surface area (Å²) in [6.07, 6.45) is 6.18. The van der Waals surface area contributed by atoms with Crippen molar-refractivity contribution >= 4 is 11.8 Å². The molecule has 5 rings (SSSR count). The number of likely N-dealkylation sites (tertiary alicyclic amines) is 1. The highest BCUT2D eigenvalue weighted by atomic mass is 16.5. The molecule has 2 amide bonds. The van der Waals surface area contributed by atoms with E-state index in [4.69, 9.17) is 14.0 Å². The number of nitrogens with zero attached hydrogens (tertiary/aromatic N) is 3. The van der Waals surface area contributed by atoms with Crippen LogP contribution in [0.1, 0.15) is 60.2 Å². The van der Waals surface area contributed by atoms with Gasteiger partial charge in [-0.25, -0.2) is 0 Å². The van der Waals surface area contributed by atoms with Crippen LogP contribution in [0, 0.1) is 12.3 Å². The Balaban J connectivity index is 1.31. The molecule has 2 aromatic carbocycles. The number of piperidine rings is 1. The number of para-hydroxylation sites is 2. The van der Waals surface area contributed by atoms with Crippen LogP contribution in [0.25, 0.3) is 11.3 Å². The fourth-order valence-corrected chi connectivity index (χ4v) is 6.12. The molecule has 3 heterocycles. The first-order valence-corrected chi connectivity index (χ1v) is 14.3. The third-order valence-corrected chi connectivity index (χ3v) is 8.51. The number of fused-ring (bicyclic) bond motifs is 1. The van der Waals surface area contributed by atoms with E-state index in [9.17, 15) is 9.59 Å². The number of carbonyl (C=O) groups excluding carboxylic acids is 2. The van der Waals surface area contributed by atoms with Gasteiger partial charge in [-0.15, -0.1) is 0 Å². The van der Waals surface area contributed by atoms with Crippen molar-refractivity contribution in [2.45, 2.75) is 51.9 Å². The Bertz CT molecular complexity index is 1340. The van der Waals surface area contributed by atoms with Gasteiger partial charge in [0.25, 0.3) is 5.91 Å². The van der Waals surface area contributed by atoms with Gasteiger partial charge in [0.05, 0.1) is 19.1 Å². The van der Waals surface area contributed by atoms with Crippen LogP contribution in [0.5, 0.6) is 11.5 Å². The lowest BCUT2D eigenvalue weighted by Gasteiger charge is -2.42. The minimum atomic E-state index is -0.471. The number of aromatic nitrogens is 1. The first kappa shape index (κ1) is 27.7. The molecule has 2 aliphatic heterocycles. The Morgan fingerprint density at radius 1 is 0.975 bits per heavy atom. The Morgan fingerprint density at radius 2 is 1.73 bits per heavy atom. The number of methoxy groups -OCH3 is 1. The molecule has 0 aliphatic carbocycles. The molecule has 0 radical (unpaired) electrons. The Labute approximate surface area is 236 Å². The van der Waals surface area contributed by atoms with Gasteiger partial charge in [0.1, 0.15) is 35.1 Å². The summed E-state index contributed by atoms with van der Waals surface area (Å²) in [4.78, 5) is 31.4. The van der Waals surface area contributed by atoms with Crippen LogP contribution < -0.4 is 9.47 Å². The molecule has 1 aromatic heterocycles. The molecular weight excluding hydrogens is 506 g/mol. The summed E-state index contributed by atoms with van der Waals surface area (Å²) in [7, 11) is 3.47. The van der Waals surface area contributed by atoms with Crippen LogP contribution in [0.2, 0.25) is 0 Å². The van der Waals surface area contributed by atoms with Gasteiger partial charge in [0.15, 0.2) is 0 Å². The lowest BCUT2D eigenvalue weighted by molar-refractivity contribution is -0.144. The Kier molecular flexibility index (Phi) is 8.43. The maximum atomic E-state index is 13.9. The van der Waals surface area contributed by atoms with Crippen molar-refractivity contribution < 1.29 is 23.6 Å². The standard InChI is InChI=1S/C32H39N3O5/c1-23-28(29(33-40-23)25-13-7-9-15-27(25)38-3)30(36)35-19-17-32(18-20-35)16-10-4-5-11-24-12-6-8-14-26(24)39-22-21-34(2)31(32)37/h6-9,12-15H,4-5,10-11,16-22H2,1-3H3. The Hall–Kier alpha value is -3.81. The number of benzene rings is 2. The molecule has 8 nitrogen and oxygen atoms in total. The molecule has 2 aliphatic rings. The van der Waals surface area contributed by atoms with E-state index in [-0.39, 0.29) is 11.8 Å². The number of amides is 2. The van der Waals surface area contributed by atoms with Crippen molar-refractivity contribution in [1.82, 2.24) is 15.0 Å². The fourth-order valence-electron chi connectivity index (χ4n) is 6.12. The molecule has 0 saturated carbocycles. The smallest absolute Gasteiger partial charge is 0.259 e.